The molecule has 0 atom stereocenters. The van der Waals surface area contributed by atoms with Gasteiger partial charge in [0.2, 0.25) is 0 Å². The fourth-order valence-electron chi connectivity index (χ4n) is 1.93. The Morgan fingerprint density at radius 2 is 1.93 bits per heavy atom. The van der Waals surface area contributed by atoms with Crippen LogP contribution in [0.25, 0.3) is 0 Å². The minimum atomic E-state index is 0.0407. The molecule has 14 heavy (non-hydrogen) atoms. The summed E-state index contributed by atoms with van der Waals surface area (Å²) in [5.74, 6) is 1.06. The van der Waals surface area contributed by atoms with Crippen molar-refractivity contribution in [3.63, 3.8) is 0 Å². The van der Waals surface area contributed by atoms with Crippen LogP contribution in [0.3, 0.4) is 0 Å². The summed E-state index contributed by atoms with van der Waals surface area (Å²) in [6.45, 7) is 2.89. The van der Waals surface area contributed by atoms with E-state index in [4.69, 9.17) is 4.74 Å². The highest BCUT2D eigenvalue weighted by molar-refractivity contribution is 5.74. The minimum Gasteiger partial charge on any atom is -0.465 e. The van der Waals surface area contributed by atoms with Gasteiger partial charge in [-0.15, -0.1) is 0 Å². The predicted octanol–water partition coefficient (Wildman–Crippen LogP) is 1.33. The van der Waals surface area contributed by atoms with Crippen LogP contribution in [-0.4, -0.2) is 25.7 Å². The molecule has 0 bridgehead atoms. The van der Waals surface area contributed by atoms with Crippen LogP contribution in [0.5, 0.6) is 0 Å². The Balaban J connectivity index is 1.54. The van der Waals surface area contributed by atoms with Crippen LogP contribution in [-0.2, 0) is 9.53 Å². The standard InChI is InChI=1S/C11H19NO2/c13-11(10-1-2-10)14-8-5-9-3-6-12-7-4-9/h9-10,12H,1-8H2. The molecule has 0 aromatic carbocycles. The van der Waals surface area contributed by atoms with E-state index in [1.165, 1.54) is 12.8 Å². The lowest BCUT2D eigenvalue weighted by Crippen LogP contribution is -2.28. The summed E-state index contributed by atoms with van der Waals surface area (Å²) in [7, 11) is 0. The number of ether oxygens (including phenoxy) is 1. The maximum Gasteiger partial charge on any atom is 0.308 e. The van der Waals surface area contributed by atoms with Gasteiger partial charge in [0.05, 0.1) is 12.5 Å². The van der Waals surface area contributed by atoms with Gasteiger partial charge in [0, 0.05) is 0 Å². The average molecular weight is 197 g/mol. The van der Waals surface area contributed by atoms with E-state index in [2.05, 4.69) is 5.32 Å². The average Bonchev–Trinajstić information content (AvgIpc) is 3.02. The highest BCUT2D eigenvalue weighted by Crippen LogP contribution is 2.30. The molecule has 0 aromatic rings. The number of esters is 1. The van der Waals surface area contributed by atoms with Gasteiger partial charge in [0.1, 0.15) is 0 Å². The first-order chi connectivity index (χ1) is 6.86. The second kappa shape index (κ2) is 4.78. The first-order valence-corrected chi connectivity index (χ1v) is 5.73. The van der Waals surface area contributed by atoms with Crippen LogP contribution < -0.4 is 5.32 Å². The normalized spacial score (nSPS) is 23.4. The molecule has 1 aliphatic carbocycles. The number of carbonyl (C=O) groups excluding carboxylic acids is 1. The Morgan fingerprint density at radius 1 is 1.21 bits per heavy atom. The molecular formula is C11H19NO2. The van der Waals surface area contributed by atoms with Crippen LogP contribution in [0.2, 0.25) is 0 Å². The molecule has 0 aromatic heterocycles. The smallest absolute Gasteiger partial charge is 0.308 e. The molecule has 0 spiro atoms. The van der Waals surface area contributed by atoms with E-state index < -0.39 is 0 Å². The van der Waals surface area contributed by atoms with E-state index in [1.54, 1.807) is 0 Å². The molecule has 2 rings (SSSR count). The molecule has 0 unspecified atom stereocenters. The largest absolute Gasteiger partial charge is 0.465 e. The summed E-state index contributed by atoms with van der Waals surface area (Å²) in [5.41, 5.74) is 0. The van der Waals surface area contributed by atoms with Crippen molar-refractivity contribution in [2.45, 2.75) is 32.1 Å². The summed E-state index contributed by atoms with van der Waals surface area (Å²) < 4.78 is 5.21. The topological polar surface area (TPSA) is 38.3 Å². The Morgan fingerprint density at radius 3 is 2.57 bits per heavy atom. The molecule has 1 saturated heterocycles. The van der Waals surface area contributed by atoms with Crippen LogP contribution in [0.4, 0.5) is 0 Å². The zero-order valence-electron chi connectivity index (χ0n) is 8.63. The molecule has 3 heteroatoms. The zero-order chi connectivity index (χ0) is 9.80. The van der Waals surface area contributed by atoms with E-state index in [0.29, 0.717) is 6.61 Å². The van der Waals surface area contributed by atoms with E-state index >= 15 is 0 Å². The highest BCUT2D eigenvalue weighted by atomic mass is 16.5. The van der Waals surface area contributed by atoms with E-state index in [9.17, 15) is 4.79 Å². The van der Waals surface area contributed by atoms with Gasteiger partial charge in [0.15, 0.2) is 0 Å². The van der Waals surface area contributed by atoms with E-state index in [1.807, 2.05) is 0 Å². The van der Waals surface area contributed by atoms with Crippen LogP contribution in [0.1, 0.15) is 32.1 Å². The minimum absolute atomic E-state index is 0.0407. The fraction of sp³-hybridized carbons (Fsp3) is 0.909. The molecule has 0 amide bonds. The van der Waals surface area contributed by atoms with Crippen LogP contribution >= 0.6 is 0 Å². The summed E-state index contributed by atoms with van der Waals surface area (Å²) >= 11 is 0. The van der Waals surface area contributed by atoms with Crippen molar-refractivity contribution in [2.75, 3.05) is 19.7 Å². The van der Waals surface area contributed by atoms with Crippen molar-refractivity contribution < 1.29 is 9.53 Å². The van der Waals surface area contributed by atoms with Gasteiger partial charge in [-0.25, -0.2) is 0 Å². The maximum absolute atomic E-state index is 11.2. The molecule has 2 aliphatic rings. The molecular weight excluding hydrogens is 178 g/mol. The number of hydrogen-bond acceptors (Lipinski definition) is 3. The summed E-state index contributed by atoms with van der Waals surface area (Å²) in [5, 5.41) is 3.33. The van der Waals surface area contributed by atoms with Gasteiger partial charge in [-0.05, 0) is 51.1 Å². The molecule has 1 saturated carbocycles. The third-order valence-corrected chi connectivity index (χ3v) is 3.14. The first-order valence-electron chi connectivity index (χ1n) is 5.73. The quantitative estimate of drug-likeness (QED) is 0.691. The Hall–Kier alpha value is -0.570. The van der Waals surface area contributed by atoms with Crippen molar-refractivity contribution in [1.82, 2.24) is 5.32 Å². The third kappa shape index (κ3) is 2.98. The summed E-state index contributed by atoms with van der Waals surface area (Å²) in [4.78, 5) is 11.2. The van der Waals surface area contributed by atoms with Gasteiger partial charge < -0.3 is 10.1 Å². The number of rotatable bonds is 4. The van der Waals surface area contributed by atoms with Crippen molar-refractivity contribution in [3.8, 4) is 0 Å². The van der Waals surface area contributed by atoms with Gasteiger partial charge >= 0.3 is 5.97 Å². The first kappa shape index (κ1) is 9.97. The Labute approximate surface area is 85.2 Å². The van der Waals surface area contributed by atoms with Gasteiger partial charge in [0.25, 0.3) is 0 Å². The predicted molar refractivity (Wildman–Crippen MR) is 53.9 cm³/mol. The number of piperidine rings is 1. The summed E-state index contributed by atoms with van der Waals surface area (Å²) in [6.07, 6.45) is 5.63. The Bertz CT molecular complexity index is 195. The lowest BCUT2D eigenvalue weighted by molar-refractivity contribution is -0.145. The van der Waals surface area contributed by atoms with Gasteiger partial charge in [-0.3, -0.25) is 4.79 Å². The summed E-state index contributed by atoms with van der Waals surface area (Å²) in [6, 6.07) is 0. The van der Waals surface area contributed by atoms with Crippen molar-refractivity contribution >= 4 is 5.97 Å². The van der Waals surface area contributed by atoms with E-state index in [0.717, 1.165) is 38.3 Å². The maximum atomic E-state index is 11.2. The molecule has 1 N–H and O–H groups in total. The van der Waals surface area contributed by atoms with Crippen LogP contribution in [0, 0.1) is 11.8 Å². The monoisotopic (exact) mass is 197 g/mol. The highest BCUT2D eigenvalue weighted by Gasteiger charge is 2.31. The lowest BCUT2D eigenvalue weighted by Gasteiger charge is -2.22. The molecule has 3 nitrogen and oxygen atoms in total. The molecule has 1 aliphatic heterocycles. The second-order valence-electron chi connectivity index (χ2n) is 4.42. The third-order valence-electron chi connectivity index (χ3n) is 3.14. The second-order valence-corrected chi connectivity index (χ2v) is 4.42. The zero-order valence-corrected chi connectivity index (χ0v) is 8.63. The number of nitrogens with one attached hydrogen (secondary N) is 1. The molecule has 2 fully saturated rings. The van der Waals surface area contributed by atoms with Crippen molar-refractivity contribution in [1.29, 1.82) is 0 Å². The SMILES string of the molecule is O=C(OCCC1CCNCC1)C1CC1. The van der Waals surface area contributed by atoms with Crippen molar-refractivity contribution in [2.24, 2.45) is 11.8 Å². The molecule has 80 valence electrons. The number of carbonyl (C=O) groups is 1. The fourth-order valence-corrected chi connectivity index (χ4v) is 1.93. The lowest BCUT2D eigenvalue weighted by atomic mass is 9.95. The molecule has 1 heterocycles. The van der Waals surface area contributed by atoms with Gasteiger partial charge in [-0.1, -0.05) is 0 Å². The van der Waals surface area contributed by atoms with E-state index in [-0.39, 0.29) is 11.9 Å². The van der Waals surface area contributed by atoms with Crippen LogP contribution in [0.15, 0.2) is 0 Å². The Kier molecular flexibility index (Phi) is 3.40. The number of hydrogen-bond donors (Lipinski definition) is 1. The molecule has 0 radical (unpaired) electrons. The van der Waals surface area contributed by atoms with Crippen molar-refractivity contribution in [3.05, 3.63) is 0 Å². The van der Waals surface area contributed by atoms with Gasteiger partial charge in [-0.2, -0.15) is 0 Å².